The first-order valence-electron chi connectivity index (χ1n) is 9.50. The second-order valence-corrected chi connectivity index (χ2v) is 9.58. The van der Waals surface area contributed by atoms with Gasteiger partial charge in [0.1, 0.15) is 5.82 Å². The van der Waals surface area contributed by atoms with Gasteiger partial charge in [-0.05, 0) is 89.6 Å². The Kier molecular flexibility index (Phi) is 5.07. The Labute approximate surface area is 174 Å². The first kappa shape index (κ1) is 19.0. The van der Waals surface area contributed by atoms with Gasteiger partial charge < -0.3 is 0 Å². The van der Waals surface area contributed by atoms with E-state index in [-0.39, 0.29) is 5.82 Å². The van der Waals surface area contributed by atoms with Crippen LogP contribution in [-0.4, -0.2) is 0 Å². The number of hydrogen-bond acceptors (Lipinski definition) is 0. The lowest BCUT2D eigenvalue weighted by atomic mass is 9.85. The van der Waals surface area contributed by atoms with Crippen LogP contribution in [0, 0.1) is 29.5 Å². The zero-order valence-corrected chi connectivity index (χ0v) is 18.1. The maximum atomic E-state index is 14.1. The van der Waals surface area contributed by atoms with Gasteiger partial charge >= 0.3 is 0 Å². The lowest BCUT2D eigenvalue weighted by molar-refractivity contribution is 0.518. The average Bonchev–Trinajstić information content (AvgIpc) is 3.28. The lowest BCUT2D eigenvalue weighted by Gasteiger charge is -2.20. The highest BCUT2D eigenvalue weighted by Gasteiger charge is 2.54. The van der Waals surface area contributed by atoms with Crippen molar-refractivity contribution in [1.29, 1.82) is 0 Å². The molecule has 0 bridgehead atoms. The first-order valence-corrected chi connectivity index (χ1v) is 10.7. The standard InChI is InChI=1S/C24H23BrClF/c1-13(2)8-21-22-14(3)9-20(16-10-17(25)12-19(27)11-16)23(24(21)22)15-4-6-18(26)7-5-15/h4-7,9-13,21-22,24H,8H2,1-3H3. The SMILES string of the molecule is CC1=CC(c2cc(F)cc(Br)c2)=C(c2ccc(Cl)cc2)C2C(CC(C)C)C12. The van der Waals surface area contributed by atoms with Gasteiger partial charge in [0.2, 0.25) is 0 Å². The molecule has 1 saturated carbocycles. The number of hydrogen-bond donors (Lipinski definition) is 0. The quantitative estimate of drug-likeness (QED) is 0.447. The van der Waals surface area contributed by atoms with Gasteiger partial charge in [-0.15, -0.1) is 0 Å². The van der Waals surface area contributed by atoms with Crippen molar-refractivity contribution in [3.63, 3.8) is 0 Å². The van der Waals surface area contributed by atoms with Crippen LogP contribution in [0.25, 0.3) is 11.1 Å². The molecular weight excluding hydrogens is 423 g/mol. The monoisotopic (exact) mass is 444 g/mol. The molecule has 140 valence electrons. The summed E-state index contributed by atoms with van der Waals surface area (Å²) in [7, 11) is 0. The molecule has 0 nitrogen and oxygen atoms in total. The molecule has 3 heteroatoms. The van der Waals surface area contributed by atoms with E-state index in [1.807, 2.05) is 18.2 Å². The largest absolute Gasteiger partial charge is 0.207 e. The van der Waals surface area contributed by atoms with Crippen LogP contribution >= 0.6 is 27.5 Å². The molecule has 27 heavy (non-hydrogen) atoms. The molecule has 0 spiro atoms. The fraction of sp³-hybridized carbons (Fsp3) is 0.333. The van der Waals surface area contributed by atoms with Crippen LogP contribution in [0.4, 0.5) is 4.39 Å². The molecule has 2 aromatic carbocycles. The van der Waals surface area contributed by atoms with Crippen molar-refractivity contribution in [3.05, 3.63) is 80.6 Å². The van der Waals surface area contributed by atoms with E-state index in [9.17, 15) is 4.39 Å². The Morgan fingerprint density at radius 2 is 1.74 bits per heavy atom. The molecule has 0 N–H and O–H groups in total. The van der Waals surface area contributed by atoms with Crippen molar-refractivity contribution in [2.24, 2.45) is 23.7 Å². The molecule has 2 aromatic rings. The van der Waals surface area contributed by atoms with Crippen LogP contribution in [0.5, 0.6) is 0 Å². The normalized spacial score (nSPS) is 24.1. The second-order valence-electron chi connectivity index (χ2n) is 8.23. The maximum Gasteiger partial charge on any atom is 0.124 e. The highest BCUT2D eigenvalue weighted by atomic mass is 79.9. The molecule has 1 fully saturated rings. The van der Waals surface area contributed by atoms with E-state index in [2.05, 4.69) is 54.9 Å². The highest BCUT2D eigenvalue weighted by molar-refractivity contribution is 9.10. The van der Waals surface area contributed by atoms with E-state index in [0.717, 1.165) is 20.6 Å². The van der Waals surface area contributed by atoms with Gasteiger partial charge in [0.25, 0.3) is 0 Å². The van der Waals surface area contributed by atoms with Crippen LogP contribution in [0.15, 0.2) is 58.6 Å². The number of allylic oxidation sites excluding steroid dienone is 4. The van der Waals surface area contributed by atoms with E-state index in [1.54, 1.807) is 6.07 Å². The van der Waals surface area contributed by atoms with Crippen LogP contribution in [0.2, 0.25) is 5.02 Å². The fourth-order valence-electron chi connectivity index (χ4n) is 4.73. The van der Waals surface area contributed by atoms with Gasteiger partial charge in [0.05, 0.1) is 0 Å². The van der Waals surface area contributed by atoms with Crippen LogP contribution in [-0.2, 0) is 0 Å². The van der Waals surface area contributed by atoms with Crippen molar-refractivity contribution in [3.8, 4) is 0 Å². The molecule has 0 heterocycles. The summed E-state index contributed by atoms with van der Waals surface area (Å²) in [5.74, 6) is 2.24. The molecule has 2 aliphatic carbocycles. The van der Waals surface area contributed by atoms with Crippen molar-refractivity contribution in [1.82, 2.24) is 0 Å². The Hall–Kier alpha value is -1.38. The highest BCUT2D eigenvalue weighted by Crippen LogP contribution is 2.64. The number of fused-ring (bicyclic) bond motifs is 1. The minimum atomic E-state index is -0.218. The number of benzene rings is 2. The molecule has 0 amide bonds. The van der Waals surface area contributed by atoms with Gasteiger partial charge in [0, 0.05) is 9.50 Å². The molecule has 0 saturated heterocycles. The summed E-state index contributed by atoms with van der Waals surface area (Å²) < 4.78 is 14.9. The molecule has 0 aromatic heterocycles. The molecule has 2 aliphatic rings. The molecule has 3 atom stereocenters. The fourth-order valence-corrected chi connectivity index (χ4v) is 5.32. The Balaban J connectivity index is 1.89. The third kappa shape index (κ3) is 3.67. The van der Waals surface area contributed by atoms with Crippen molar-refractivity contribution < 1.29 is 4.39 Å². The van der Waals surface area contributed by atoms with Gasteiger partial charge in [-0.3, -0.25) is 0 Å². The zero-order chi connectivity index (χ0) is 19.3. The average molecular weight is 446 g/mol. The van der Waals surface area contributed by atoms with Crippen molar-refractivity contribution in [2.75, 3.05) is 0 Å². The summed E-state index contributed by atoms with van der Waals surface area (Å²) >= 11 is 9.58. The minimum Gasteiger partial charge on any atom is -0.207 e. The third-order valence-corrected chi connectivity index (χ3v) is 6.47. The van der Waals surface area contributed by atoms with Crippen molar-refractivity contribution in [2.45, 2.75) is 27.2 Å². The predicted molar refractivity (Wildman–Crippen MR) is 116 cm³/mol. The third-order valence-electron chi connectivity index (χ3n) is 5.76. The van der Waals surface area contributed by atoms with Gasteiger partial charge in [-0.25, -0.2) is 4.39 Å². The predicted octanol–water partition coefficient (Wildman–Crippen LogP) is 8.02. The maximum absolute atomic E-state index is 14.1. The lowest BCUT2D eigenvalue weighted by Crippen LogP contribution is -2.02. The molecule has 4 rings (SSSR count). The van der Waals surface area contributed by atoms with Gasteiger partial charge in [-0.1, -0.05) is 65.2 Å². The summed E-state index contributed by atoms with van der Waals surface area (Å²) in [6.45, 7) is 6.81. The summed E-state index contributed by atoms with van der Waals surface area (Å²) in [6.07, 6.45) is 3.49. The topological polar surface area (TPSA) is 0 Å². The van der Waals surface area contributed by atoms with E-state index in [4.69, 9.17) is 11.6 Å². The Morgan fingerprint density at radius 1 is 1.04 bits per heavy atom. The van der Waals surface area contributed by atoms with Crippen LogP contribution in [0.1, 0.15) is 38.3 Å². The second kappa shape index (κ2) is 7.22. The molecule has 0 aliphatic heterocycles. The summed E-state index contributed by atoms with van der Waals surface area (Å²) in [6, 6.07) is 13.3. The molecule has 0 radical (unpaired) electrons. The Bertz CT molecular complexity index is 919. The smallest absolute Gasteiger partial charge is 0.124 e. The van der Waals surface area contributed by atoms with E-state index in [1.165, 1.54) is 29.2 Å². The van der Waals surface area contributed by atoms with E-state index >= 15 is 0 Å². The Morgan fingerprint density at radius 3 is 2.37 bits per heavy atom. The van der Waals surface area contributed by atoms with Crippen LogP contribution in [0.3, 0.4) is 0 Å². The number of halogens is 3. The van der Waals surface area contributed by atoms with Gasteiger partial charge in [-0.2, -0.15) is 0 Å². The van der Waals surface area contributed by atoms with Crippen LogP contribution < -0.4 is 0 Å². The van der Waals surface area contributed by atoms with Crippen molar-refractivity contribution >= 4 is 38.7 Å². The van der Waals surface area contributed by atoms with Gasteiger partial charge in [0.15, 0.2) is 0 Å². The molecule has 3 unspecified atom stereocenters. The molecular formula is C24H23BrClF. The van der Waals surface area contributed by atoms with E-state index < -0.39 is 0 Å². The zero-order valence-electron chi connectivity index (χ0n) is 15.8. The minimum absolute atomic E-state index is 0.218. The number of rotatable bonds is 4. The summed E-state index contributed by atoms with van der Waals surface area (Å²) in [5, 5.41) is 0.739. The summed E-state index contributed by atoms with van der Waals surface area (Å²) in [5.41, 5.74) is 6.02. The van der Waals surface area contributed by atoms with E-state index in [0.29, 0.717) is 23.7 Å². The summed E-state index contributed by atoms with van der Waals surface area (Å²) in [4.78, 5) is 0. The first-order chi connectivity index (χ1) is 12.8.